The molecule has 0 rings (SSSR count). The minimum atomic E-state index is 0.152. The maximum absolute atomic E-state index is 10.6. The molecule has 0 heterocycles. The van der Waals surface area contributed by atoms with Gasteiger partial charge in [-0.3, -0.25) is 4.79 Å². The summed E-state index contributed by atoms with van der Waals surface area (Å²) in [4.78, 5) is 12.3. The SMILES string of the molecule is C[N+](C)(C)CCCN(C=O)CCCO. The molecule has 4 nitrogen and oxygen atoms in total. The molecular formula is C10H23N2O2+. The number of carbonyl (C=O) groups is 1. The average Bonchev–Trinajstić information content (AvgIpc) is 2.09. The number of nitrogens with zero attached hydrogens (tertiary/aromatic N) is 2. The minimum absolute atomic E-state index is 0.152. The summed E-state index contributed by atoms with van der Waals surface area (Å²) in [5.41, 5.74) is 0. The Bertz CT molecular complexity index is 155. The van der Waals surface area contributed by atoms with Crippen LogP contribution >= 0.6 is 0 Å². The third-order valence-electron chi connectivity index (χ3n) is 2.03. The van der Waals surface area contributed by atoms with Crippen molar-refractivity contribution in [1.82, 2.24) is 4.90 Å². The van der Waals surface area contributed by atoms with E-state index in [2.05, 4.69) is 21.1 Å². The van der Waals surface area contributed by atoms with Gasteiger partial charge in [-0.2, -0.15) is 0 Å². The lowest BCUT2D eigenvalue weighted by Crippen LogP contribution is -2.37. The van der Waals surface area contributed by atoms with Crippen LogP contribution in [0.5, 0.6) is 0 Å². The Morgan fingerprint density at radius 2 is 1.79 bits per heavy atom. The van der Waals surface area contributed by atoms with Gasteiger partial charge in [-0.05, 0) is 6.42 Å². The van der Waals surface area contributed by atoms with Crippen LogP contribution in [0.1, 0.15) is 12.8 Å². The molecule has 0 fully saturated rings. The van der Waals surface area contributed by atoms with E-state index < -0.39 is 0 Å². The first-order valence-corrected chi connectivity index (χ1v) is 5.10. The number of rotatable bonds is 8. The first-order valence-electron chi connectivity index (χ1n) is 5.10. The van der Waals surface area contributed by atoms with Crippen LogP contribution in [-0.2, 0) is 4.79 Å². The van der Waals surface area contributed by atoms with Gasteiger partial charge in [-0.15, -0.1) is 0 Å². The first-order chi connectivity index (χ1) is 6.49. The number of amides is 1. The summed E-state index contributed by atoms with van der Waals surface area (Å²) in [6.07, 6.45) is 2.54. The molecule has 4 heteroatoms. The fourth-order valence-electron chi connectivity index (χ4n) is 1.24. The Hall–Kier alpha value is -0.610. The third kappa shape index (κ3) is 8.01. The fourth-order valence-corrected chi connectivity index (χ4v) is 1.24. The molecular weight excluding hydrogens is 180 g/mol. The highest BCUT2D eigenvalue weighted by molar-refractivity contribution is 5.46. The summed E-state index contributed by atoms with van der Waals surface area (Å²) in [5, 5.41) is 8.62. The van der Waals surface area contributed by atoms with Crippen LogP contribution in [-0.4, -0.2) is 68.3 Å². The molecule has 1 amide bonds. The summed E-state index contributed by atoms with van der Waals surface area (Å²) in [7, 11) is 6.41. The van der Waals surface area contributed by atoms with E-state index in [1.807, 2.05) is 0 Å². The molecule has 0 saturated carbocycles. The second-order valence-corrected chi connectivity index (χ2v) is 4.59. The van der Waals surface area contributed by atoms with Crippen LogP contribution in [0.2, 0.25) is 0 Å². The molecule has 14 heavy (non-hydrogen) atoms. The van der Waals surface area contributed by atoms with Gasteiger partial charge in [0.15, 0.2) is 0 Å². The zero-order valence-electron chi connectivity index (χ0n) is 9.57. The zero-order chi connectivity index (χ0) is 11.0. The number of aliphatic hydroxyl groups excluding tert-OH is 1. The van der Waals surface area contributed by atoms with Gasteiger partial charge in [0.2, 0.25) is 6.41 Å². The quantitative estimate of drug-likeness (QED) is 0.443. The summed E-state index contributed by atoms with van der Waals surface area (Å²) >= 11 is 0. The predicted molar refractivity (Wildman–Crippen MR) is 56.9 cm³/mol. The molecule has 0 aliphatic carbocycles. The lowest BCUT2D eigenvalue weighted by Gasteiger charge is -2.25. The van der Waals surface area contributed by atoms with E-state index in [1.165, 1.54) is 0 Å². The Morgan fingerprint density at radius 3 is 2.21 bits per heavy atom. The molecule has 1 N–H and O–H groups in total. The molecule has 84 valence electrons. The zero-order valence-corrected chi connectivity index (χ0v) is 9.57. The van der Waals surface area contributed by atoms with Crippen LogP contribution < -0.4 is 0 Å². The molecule has 0 unspecified atom stereocenters. The molecule has 0 bridgehead atoms. The van der Waals surface area contributed by atoms with E-state index in [0.717, 1.165) is 30.4 Å². The molecule has 0 spiro atoms. The van der Waals surface area contributed by atoms with Crippen LogP contribution in [0.15, 0.2) is 0 Å². The van der Waals surface area contributed by atoms with Crippen LogP contribution in [0.3, 0.4) is 0 Å². The standard InChI is InChI=1S/C10H23N2O2/c1-12(2,3)8-4-6-11(10-14)7-5-9-13/h10,13H,4-9H2,1-3H3/q+1. The van der Waals surface area contributed by atoms with Crippen molar-refractivity contribution in [3.63, 3.8) is 0 Å². The number of quaternary nitrogens is 1. The van der Waals surface area contributed by atoms with Crippen molar-refractivity contribution in [2.75, 3.05) is 47.4 Å². The predicted octanol–water partition coefficient (Wildman–Crippen LogP) is -0.0765. The summed E-state index contributed by atoms with van der Waals surface area (Å²) in [6, 6.07) is 0. The monoisotopic (exact) mass is 203 g/mol. The van der Waals surface area contributed by atoms with E-state index in [4.69, 9.17) is 5.11 Å². The van der Waals surface area contributed by atoms with Gasteiger partial charge in [0.05, 0.1) is 27.7 Å². The second kappa shape index (κ2) is 6.79. The van der Waals surface area contributed by atoms with E-state index in [1.54, 1.807) is 4.90 Å². The van der Waals surface area contributed by atoms with Gasteiger partial charge in [0.1, 0.15) is 0 Å². The van der Waals surface area contributed by atoms with Crippen molar-refractivity contribution in [2.24, 2.45) is 0 Å². The minimum Gasteiger partial charge on any atom is -0.396 e. The average molecular weight is 203 g/mol. The van der Waals surface area contributed by atoms with Crippen molar-refractivity contribution >= 4 is 6.41 Å². The number of carbonyl (C=O) groups excluding carboxylic acids is 1. The largest absolute Gasteiger partial charge is 0.396 e. The molecule has 0 saturated heterocycles. The van der Waals surface area contributed by atoms with Crippen LogP contribution in [0.25, 0.3) is 0 Å². The maximum Gasteiger partial charge on any atom is 0.209 e. The van der Waals surface area contributed by atoms with Gasteiger partial charge in [0, 0.05) is 26.1 Å². The van der Waals surface area contributed by atoms with Gasteiger partial charge in [0.25, 0.3) is 0 Å². The molecule has 0 aliphatic rings. The van der Waals surface area contributed by atoms with Gasteiger partial charge < -0.3 is 14.5 Å². The molecule has 0 aromatic rings. The van der Waals surface area contributed by atoms with Gasteiger partial charge in [-0.25, -0.2) is 0 Å². The molecule has 0 atom stereocenters. The number of hydrogen-bond acceptors (Lipinski definition) is 2. The lowest BCUT2D eigenvalue weighted by atomic mass is 10.3. The van der Waals surface area contributed by atoms with Gasteiger partial charge in [-0.1, -0.05) is 0 Å². The normalized spacial score (nSPS) is 11.4. The van der Waals surface area contributed by atoms with E-state index in [9.17, 15) is 4.79 Å². The Morgan fingerprint density at radius 1 is 1.21 bits per heavy atom. The highest BCUT2D eigenvalue weighted by atomic mass is 16.3. The van der Waals surface area contributed by atoms with E-state index >= 15 is 0 Å². The molecule has 0 aromatic carbocycles. The Balaban J connectivity index is 3.57. The summed E-state index contributed by atoms with van der Waals surface area (Å²) < 4.78 is 0.923. The molecule has 0 aromatic heterocycles. The van der Waals surface area contributed by atoms with Crippen LogP contribution in [0, 0.1) is 0 Å². The fraction of sp³-hybridized carbons (Fsp3) is 0.900. The van der Waals surface area contributed by atoms with E-state index in [0.29, 0.717) is 13.0 Å². The van der Waals surface area contributed by atoms with Crippen molar-refractivity contribution in [1.29, 1.82) is 0 Å². The maximum atomic E-state index is 10.6. The Kier molecular flexibility index (Phi) is 6.49. The topological polar surface area (TPSA) is 40.5 Å². The molecule has 0 aliphatic heterocycles. The van der Waals surface area contributed by atoms with Crippen molar-refractivity contribution < 1.29 is 14.4 Å². The van der Waals surface area contributed by atoms with E-state index in [-0.39, 0.29) is 6.61 Å². The second-order valence-electron chi connectivity index (χ2n) is 4.59. The smallest absolute Gasteiger partial charge is 0.209 e. The van der Waals surface area contributed by atoms with Crippen molar-refractivity contribution in [3.8, 4) is 0 Å². The number of hydrogen-bond donors (Lipinski definition) is 1. The first kappa shape index (κ1) is 13.4. The van der Waals surface area contributed by atoms with Crippen LogP contribution in [0.4, 0.5) is 0 Å². The Labute approximate surface area is 86.7 Å². The highest BCUT2D eigenvalue weighted by Gasteiger charge is 2.07. The third-order valence-corrected chi connectivity index (χ3v) is 2.03. The lowest BCUT2D eigenvalue weighted by molar-refractivity contribution is -0.870. The highest BCUT2D eigenvalue weighted by Crippen LogP contribution is 1.96. The van der Waals surface area contributed by atoms with Crippen molar-refractivity contribution in [3.05, 3.63) is 0 Å². The van der Waals surface area contributed by atoms with Crippen molar-refractivity contribution in [2.45, 2.75) is 12.8 Å². The molecule has 0 radical (unpaired) electrons. The number of aliphatic hydroxyl groups is 1. The summed E-state index contributed by atoms with van der Waals surface area (Å²) in [5.74, 6) is 0. The summed E-state index contributed by atoms with van der Waals surface area (Å²) in [6.45, 7) is 2.67. The van der Waals surface area contributed by atoms with Gasteiger partial charge >= 0.3 is 0 Å².